The van der Waals surface area contributed by atoms with E-state index in [4.69, 9.17) is 4.74 Å². The van der Waals surface area contributed by atoms with Gasteiger partial charge in [0.25, 0.3) is 0 Å². The van der Waals surface area contributed by atoms with Crippen LogP contribution in [0.4, 0.5) is 0 Å². The summed E-state index contributed by atoms with van der Waals surface area (Å²) < 4.78 is 5.69. The Morgan fingerprint density at radius 2 is 2.08 bits per heavy atom. The van der Waals surface area contributed by atoms with Crippen LogP contribution in [-0.2, 0) is 9.53 Å². The molecule has 0 aromatic heterocycles. The van der Waals surface area contributed by atoms with E-state index in [1.54, 1.807) is 0 Å². The first-order valence-electron chi connectivity index (χ1n) is 5.51. The molecule has 1 aliphatic carbocycles. The third-order valence-corrected chi connectivity index (χ3v) is 3.71. The van der Waals surface area contributed by atoms with Crippen LogP contribution in [0.5, 0.6) is 0 Å². The van der Waals surface area contributed by atoms with Crippen LogP contribution in [0.1, 0.15) is 38.5 Å². The number of carbonyl (C=O) groups is 1. The number of rotatable bonds is 3. The molecule has 1 saturated carbocycles. The summed E-state index contributed by atoms with van der Waals surface area (Å²) in [4.78, 5) is 11.8. The van der Waals surface area contributed by atoms with Crippen LogP contribution in [0.25, 0.3) is 0 Å². The smallest absolute Gasteiger partial charge is 0.138 e. The molecule has 2 bridgehead atoms. The van der Waals surface area contributed by atoms with Crippen LogP contribution in [0.2, 0.25) is 0 Å². The lowest BCUT2D eigenvalue weighted by atomic mass is 9.84. The standard InChI is InChI=1S/C11H16O2/c12-10(5-7-1-2-7)9-6-8-3-4-11(9)13-8/h7-9,11H,1-6H2. The molecular weight excluding hydrogens is 164 g/mol. The van der Waals surface area contributed by atoms with Gasteiger partial charge in [0, 0.05) is 12.3 Å². The Balaban J connectivity index is 1.61. The van der Waals surface area contributed by atoms with Crippen molar-refractivity contribution >= 4 is 5.78 Å². The summed E-state index contributed by atoms with van der Waals surface area (Å²) in [7, 11) is 0. The molecule has 0 radical (unpaired) electrons. The highest BCUT2D eigenvalue weighted by Crippen LogP contribution is 2.42. The summed E-state index contributed by atoms with van der Waals surface area (Å²) in [6, 6.07) is 0. The summed E-state index contributed by atoms with van der Waals surface area (Å²) in [5, 5.41) is 0. The van der Waals surface area contributed by atoms with Crippen LogP contribution < -0.4 is 0 Å². The summed E-state index contributed by atoms with van der Waals surface area (Å²) in [6.45, 7) is 0. The highest BCUT2D eigenvalue weighted by atomic mass is 16.5. The van der Waals surface area contributed by atoms with Crippen molar-refractivity contribution in [3.63, 3.8) is 0 Å². The van der Waals surface area contributed by atoms with Crippen molar-refractivity contribution in [2.75, 3.05) is 0 Å². The number of ether oxygens (including phenoxy) is 1. The first kappa shape index (κ1) is 7.98. The molecule has 0 amide bonds. The monoisotopic (exact) mass is 180 g/mol. The van der Waals surface area contributed by atoms with Gasteiger partial charge in [-0.25, -0.2) is 0 Å². The molecule has 0 aromatic rings. The number of hydrogen-bond acceptors (Lipinski definition) is 2. The van der Waals surface area contributed by atoms with Crippen molar-refractivity contribution in [1.29, 1.82) is 0 Å². The maximum Gasteiger partial charge on any atom is 0.138 e. The van der Waals surface area contributed by atoms with E-state index < -0.39 is 0 Å². The Morgan fingerprint density at radius 3 is 2.62 bits per heavy atom. The lowest BCUT2D eigenvalue weighted by Gasteiger charge is -2.16. The third-order valence-electron chi connectivity index (χ3n) is 3.71. The van der Waals surface area contributed by atoms with Crippen LogP contribution in [-0.4, -0.2) is 18.0 Å². The van der Waals surface area contributed by atoms with Crippen LogP contribution in [0, 0.1) is 11.8 Å². The van der Waals surface area contributed by atoms with Gasteiger partial charge < -0.3 is 4.74 Å². The molecule has 3 atom stereocenters. The van der Waals surface area contributed by atoms with E-state index in [9.17, 15) is 4.79 Å². The molecule has 2 heterocycles. The normalized spacial score (nSPS) is 42.6. The van der Waals surface area contributed by atoms with Gasteiger partial charge in [0.05, 0.1) is 12.2 Å². The van der Waals surface area contributed by atoms with Crippen molar-refractivity contribution in [2.45, 2.75) is 50.7 Å². The van der Waals surface area contributed by atoms with Crippen molar-refractivity contribution in [2.24, 2.45) is 11.8 Å². The zero-order valence-corrected chi connectivity index (χ0v) is 7.87. The summed E-state index contributed by atoms with van der Waals surface area (Å²) in [6.07, 6.45) is 7.49. The second-order valence-electron chi connectivity index (χ2n) is 4.83. The second-order valence-corrected chi connectivity index (χ2v) is 4.83. The molecule has 3 fully saturated rings. The topological polar surface area (TPSA) is 26.3 Å². The van der Waals surface area contributed by atoms with Gasteiger partial charge in [0.15, 0.2) is 0 Å². The predicted octanol–water partition coefficient (Wildman–Crippen LogP) is 1.92. The van der Waals surface area contributed by atoms with Gasteiger partial charge in [0.1, 0.15) is 5.78 Å². The molecule has 2 nitrogen and oxygen atoms in total. The predicted molar refractivity (Wildman–Crippen MR) is 48.4 cm³/mol. The summed E-state index contributed by atoms with van der Waals surface area (Å²) in [5.41, 5.74) is 0. The van der Waals surface area contributed by atoms with Gasteiger partial charge in [0.2, 0.25) is 0 Å². The fourth-order valence-corrected chi connectivity index (χ4v) is 2.73. The average Bonchev–Trinajstić information content (AvgIpc) is 2.71. The molecule has 13 heavy (non-hydrogen) atoms. The van der Waals surface area contributed by atoms with Crippen molar-refractivity contribution < 1.29 is 9.53 Å². The van der Waals surface area contributed by atoms with E-state index in [0.29, 0.717) is 18.0 Å². The van der Waals surface area contributed by atoms with E-state index in [2.05, 4.69) is 0 Å². The van der Waals surface area contributed by atoms with Gasteiger partial charge in [-0.3, -0.25) is 4.79 Å². The average molecular weight is 180 g/mol. The fraction of sp³-hybridized carbons (Fsp3) is 0.909. The third kappa shape index (κ3) is 1.41. The minimum absolute atomic E-state index is 0.277. The molecule has 0 aromatic carbocycles. The van der Waals surface area contributed by atoms with E-state index >= 15 is 0 Å². The quantitative estimate of drug-likeness (QED) is 0.663. The zero-order valence-electron chi connectivity index (χ0n) is 7.87. The Labute approximate surface area is 78.6 Å². The van der Waals surface area contributed by atoms with E-state index in [0.717, 1.165) is 25.2 Å². The fourth-order valence-electron chi connectivity index (χ4n) is 2.73. The molecule has 2 heteroatoms. The number of Topliss-reactive ketones (excluding diaryl/α,β-unsaturated/α-hetero) is 1. The highest BCUT2D eigenvalue weighted by Gasteiger charge is 2.44. The van der Waals surface area contributed by atoms with Gasteiger partial charge in [-0.1, -0.05) is 0 Å². The van der Waals surface area contributed by atoms with Gasteiger partial charge in [-0.05, 0) is 38.0 Å². The van der Waals surface area contributed by atoms with Gasteiger partial charge in [-0.2, -0.15) is 0 Å². The number of carbonyl (C=O) groups excluding carboxylic acids is 1. The minimum atomic E-state index is 0.277. The molecule has 0 spiro atoms. The minimum Gasteiger partial charge on any atom is -0.374 e. The Bertz CT molecular complexity index is 232. The van der Waals surface area contributed by atoms with Gasteiger partial charge >= 0.3 is 0 Å². The first-order valence-corrected chi connectivity index (χ1v) is 5.51. The molecule has 3 unspecified atom stereocenters. The molecule has 3 aliphatic rings. The van der Waals surface area contributed by atoms with E-state index in [1.807, 2.05) is 0 Å². The Kier molecular flexibility index (Phi) is 1.72. The van der Waals surface area contributed by atoms with E-state index in [1.165, 1.54) is 19.3 Å². The number of hydrogen-bond donors (Lipinski definition) is 0. The SMILES string of the molecule is O=C(CC1CC1)C1CC2CCC1O2. The van der Waals surface area contributed by atoms with Crippen LogP contribution >= 0.6 is 0 Å². The largest absolute Gasteiger partial charge is 0.374 e. The maximum atomic E-state index is 11.8. The lowest BCUT2D eigenvalue weighted by molar-refractivity contribution is -0.124. The number of fused-ring (bicyclic) bond motifs is 2. The molecule has 2 aliphatic heterocycles. The van der Waals surface area contributed by atoms with Crippen molar-refractivity contribution in [1.82, 2.24) is 0 Å². The Hall–Kier alpha value is -0.370. The lowest BCUT2D eigenvalue weighted by Crippen LogP contribution is -2.25. The second kappa shape index (κ2) is 2.81. The molecule has 0 N–H and O–H groups in total. The van der Waals surface area contributed by atoms with Crippen molar-refractivity contribution in [3.8, 4) is 0 Å². The highest BCUT2D eigenvalue weighted by molar-refractivity contribution is 5.82. The summed E-state index contributed by atoms with van der Waals surface area (Å²) in [5.74, 6) is 1.51. The van der Waals surface area contributed by atoms with Crippen molar-refractivity contribution in [3.05, 3.63) is 0 Å². The molecular formula is C11H16O2. The molecule has 2 saturated heterocycles. The number of ketones is 1. The van der Waals surface area contributed by atoms with Crippen LogP contribution in [0.15, 0.2) is 0 Å². The molecule has 72 valence electrons. The zero-order chi connectivity index (χ0) is 8.84. The van der Waals surface area contributed by atoms with E-state index in [-0.39, 0.29) is 5.92 Å². The van der Waals surface area contributed by atoms with Gasteiger partial charge in [-0.15, -0.1) is 0 Å². The first-order chi connectivity index (χ1) is 6.33. The molecule has 3 rings (SSSR count). The Morgan fingerprint density at radius 1 is 1.23 bits per heavy atom. The summed E-state index contributed by atoms with van der Waals surface area (Å²) >= 11 is 0. The maximum absolute atomic E-state index is 11.8. The van der Waals surface area contributed by atoms with Crippen LogP contribution in [0.3, 0.4) is 0 Å².